The van der Waals surface area contributed by atoms with E-state index in [2.05, 4.69) is 29.0 Å². The minimum atomic E-state index is 0.834. The zero-order chi connectivity index (χ0) is 12.8. The summed E-state index contributed by atoms with van der Waals surface area (Å²) < 4.78 is 0. The highest BCUT2D eigenvalue weighted by Gasteiger charge is 2.24. The maximum Gasteiger partial charge on any atom is 0.00224 e. The van der Waals surface area contributed by atoms with Gasteiger partial charge in [0.25, 0.3) is 0 Å². The third-order valence-electron chi connectivity index (χ3n) is 4.39. The van der Waals surface area contributed by atoms with Gasteiger partial charge < -0.3 is 15.1 Å². The van der Waals surface area contributed by atoms with Crippen LogP contribution in [-0.2, 0) is 0 Å². The molecule has 2 heterocycles. The van der Waals surface area contributed by atoms with Crippen LogP contribution in [0.3, 0.4) is 0 Å². The first-order valence-corrected chi connectivity index (χ1v) is 7.93. The molecule has 0 bridgehead atoms. The standard InChI is InChI=1S/C15H31N3/c1-3-16-10-15-6-9-18(13-15)12-14(2)11-17-7-4-5-8-17/h14-16H,3-13H2,1-2H3. The number of likely N-dealkylation sites (tertiary alicyclic amines) is 2. The predicted molar refractivity (Wildman–Crippen MR) is 77.9 cm³/mol. The molecule has 0 aromatic carbocycles. The van der Waals surface area contributed by atoms with E-state index in [1.165, 1.54) is 65.1 Å². The van der Waals surface area contributed by atoms with Gasteiger partial charge in [0.05, 0.1) is 0 Å². The van der Waals surface area contributed by atoms with Gasteiger partial charge in [-0.25, -0.2) is 0 Å². The Morgan fingerprint density at radius 2 is 1.83 bits per heavy atom. The van der Waals surface area contributed by atoms with Crippen molar-refractivity contribution in [2.45, 2.75) is 33.1 Å². The largest absolute Gasteiger partial charge is 0.317 e. The molecule has 18 heavy (non-hydrogen) atoms. The topological polar surface area (TPSA) is 18.5 Å². The van der Waals surface area contributed by atoms with Gasteiger partial charge in [-0.2, -0.15) is 0 Å². The van der Waals surface area contributed by atoms with Gasteiger partial charge in [-0.05, 0) is 63.8 Å². The van der Waals surface area contributed by atoms with Crippen LogP contribution in [0.1, 0.15) is 33.1 Å². The first kappa shape index (κ1) is 14.3. The van der Waals surface area contributed by atoms with Crippen LogP contribution in [0.5, 0.6) is 0 Å². The average molecular weight is 253 g/mol. The Balaban J connectivity index is 1.61. The van der Waals surface area contributed by atoms with Gasteiger partial charge in [0, 0.05) is 19.6 Å². The molecule has 2 saturated heterocycles. The van der Waals surface area contributed by atoms with Crippen LogP contribution < -0.4 is 5.32 Å². The Hall–Kier alpha value is -0.120. The molecule has 106 valence electrons. The second kappa shape index (κ2) is 7.46. The fourth-order valence-corrected chi connectivity index (χ4v) is 3.50. The number of nitrogens with zero attached hydrogens (tertiary/aromatic N) is 2. The summed E-state index contributed by atoms with van der Waals surface area (Å²) in [5, 5.41) is 3.49. The summed E-state index contributed by atoms with van der Waals surface area (Å²) in [5.41, 5.74) is 0. The zero-order valence-electron chi connectivity index (χ0n) is 12.3. The second-order valence-electron chi connectivity index (χ2n) is 6.33. The summed E-state index contributed by atoms with van der Waals surface area (Å²) in [5.74, 6) is 1.73. The van der Waals surface area contributed by atoms with E-state index < -0.39 is 0 Å². The van der Waals surface area contributed by atoms with Crippen molar-refractivity contribution in [3.05, 3.63) is 0 Å². The average Bonchev–Trinajstić information content (AvgIpc) is 2.98. The Morgan fingerprint density at radius 1 is 1.11 bits per heavy atom. The summed E-state index contributed by atoms with van der Waals surface area (Å²) >= 11 is 0. The van der Waals surface area contributed by atoms with Crippen LogP contribution in [0.4, 0.5) is 0 Å². The van der Waals surface area contributed by atoms with Gasteiger partial charge in [-0.15, -0.1) is 0 Å². The summed E-state index contributed by atoms with van der Waals surface area (Å²) in [6, 6.07) is 0. The molecule has 2 atom stereocenters. The van der Waals surface area contributed by atoms with E-state index in [0.717, 1.165) is 18.4 Å². The van der Waals surface area contributed by atoms with E-state index in [4.69, 9.17) is 0 Å². The quantitative estimate of drug-likeness (QED) is 0.744. The molecule has 0 aromatic rings. The van der Waals surface area contributed by atoms with Crippen molar-refractivity contribution in [1.82, 2.24) is 15.1 Å². The van der Waals surface area contributed by atoms with E-state index in [0.29, 0.717) is 0 Å². The first-order valence-electron chi connectivity index (χ1n) is 7.93. The van der Waals surface area contributed by atoms with Crippen molar-refractivity contribution >= 4 is 0 Å². The summed E-state index contributed by atoms with van der Waals surface area (Å²) in [4.78, 5) is 5.33. The Labute approximate surface area is 113 Å². The van der Waals surface area contributed by atoms with Crippen molar-refractivity contribution in [1.29, 1.82) is 0 Å². The molecule has 2 unspecified atom stereocenters. The molecule has 0 aliphatic carbocycles. The highest BCUT2D eigenvalue weighted by atomic mass is 15.2. The molecule has 0 aromatic heterocycles. The minimum absolute atomic E-state index is 0.834. The molecule has 1 N–H and O–H groups in total. The van der Waals surface area contributed by atoms with Crippen LogP contribution >= 0.6 is 0 Å². The molecule has 2 rings (SSSR count). The molecule has 2 aliphatic rings. The van der Waals surface area contributed by atoms with Crippen LogP contribution in [-0.4, -0.2) is 62.2 Å². The molecule has 0 spiro atoms. The number of hydrogen-bond donors (Lipinski definition) is 1. The first-order chi connectivity index (χ1) is 8.78. The predicted octanol–water partition coefficient (Wildman–Crippen LogP) is 1.65. The molecule has 0 radical (unpaired) electrons. The highest BCUT2D eigenvalue weighted by molar-refractivity contribution is 4.79. The van der Waals surface area contributed by atoms with Crippen LogP contribution in [0.2, 0.25) is 0 Å². The van der Waals surface area contributed by atoms with Gasteiger partial charge in [0.1, 0.15) is 0 Å². The molecule has 3 nitrogen and oxygen atoms in total. The van der Waals surface area contributed by atoms with Gasteiger partial charge in [-0.3, -0.25) is 0 Å². The molecule has 2 aliphatic heterocycles. The Bertz CT molecular complexity index is 226. The fourth-order valence-electron chi connectivity index (χ4n) is 3.50. The number of rotatable bonds is 7. The van der Waals surface area contributed by atoms with Gasteiger partial charge in [-0.1, -0.05) is 13.8 Å². The smallest absolute Gasteiger partial charge is 0.00224 e. The number of hydrogen-bond acceptors (Lipinski definition) is 3. The van der Waals surface area contributed by atoms with Crippen molar-refractivity contribution in [2.24, 2.45) is 11.8 Å². The van der Waals surface area contributed by atoms with Crippen LogP contribution in [0, 0.1) is 11.8 Å². The van der Waals surface area contributed by atoms with Gasteiger partial charge in [0.15, 0.2) is 0 Å². The van der Waals surface area contributed by atoms with Crippen LogP contribution in [0.25, 0.3) is 0 Å². The molecular weight excluding hydrogens is 222 g/mol. The third kappa shape index (κ3) is 4.52. The van der Waals surface area contributed by atoms with Crippen molar-refractivity contribution in [2.75, 3.05) is 52.4 Å². The lowest BCUT2D eigenvalue weighted by Gasteiger charge is -2.25. The van der Waals surface area contributed by atoms with E-state index in [1.807, 2.05) is 0 Å². The van der Waals surface area contributed by atoms with E-state index in [1.54, 1.807) is 0 Å². The second-order valence-corrected chi connectivity index (χ2v) is 6.33. The van der Waals surface area contributed by atoms with Crippen molar-refractivity contribution < 1.29 is 0 Å². The summed E-state index contributed by atoms with van der Waals surface area (Å²) in [7, 11) is 0. The van der Waals surface area contributed by atoms with Crippen molar-refractivity contribution in [3.63, 3.8) is 0 Å². The molecule has 0 amide bonds. The molecular formula is C15H31N3. The maximum atomic E-state index is 3.49. The van der Waals surface area contributed by atoms with E-state index >= 15 is 0 Å². The SMILES string of the molecule is CCNCC1CCN(CC(C)CN2CCCC2)C1. The van der Waals surface area contributed by atoms with Gasteiger partial charge >= 0.3 is 0 Å². The Morgan fingerprint density at radius 3 is 2.56 bits per heavy atom. The lowest BCUT2D eigenvalue weighted by Crippen LogP contribution is -2.34. The monoisotopic (exact) mass is 253 g/mol. The molecule has 0 saturated carbocycles. The lowest BCUT2D eigenvalue weighted by atomic mass is 10.1. The Kier molecular flexibility index (Phi) is 5.93. The maximum absolute atomic E-state index is 3.49. The van der Waals surface area contributed by atoms with Gasteiger partial charge in [0.2, 0.25) is 0 Å². The molecule has 2 fully saturated rings. The highest BCUT2D eigenvalue weighted by Crippen LogP contribution is 2.18. The fraction of sp³-hybridized carbons (Fsp3) is 1.00. The minimum Gasteiger partial charge on any atom is -0.317 e. The third-order valence-corrected chi connectivity index (χ3v) is 4.39. The molecule has 3 heteroatoms. The normalized spacial score (nSPS) is 28.0. The summed E-state index contributed by atoms with van der Waals surface area (Å²) in [6.45, 7) is 14.9. The van der Waals surface area contributed by atoms with E-state index in [9.17, 15) is 0 Å². The zero-order valence-corrected chi connectivity index (χ0v) is 12.3. The van der Waals surface area contributed by atoms with Crippen LogP contribution in [0.15, 0.2) is 0 Å². The summed E-state index contributed by atoms with van der Waals surface area (Å²) in [6.07, 6.45) is 4.23. The van der Waals surface area contributed by atoms with Crippen molar-refractivity contribution in [3.8, 4) is 0 Å². The van der Waals surface area contributed by atoms with E-state index in [-0.39, 0.29) is 0 Å². The number of nitrogens with one attached hydrogen (secondary N) is 1. The lowest BCUT2D eigenvalue weighted by molar-refractivity contribution is 0.221.